The van der Waals surface area contributed by atoms with Gasteiger partial charge in [0.15, 0.2) is 0 Å². The third-order valence-electron chi connectivity index (χ3n) is 2.25. The first-order chi connectivity index (χ1) is 8.24. The van der Waals surface area contributed by atoms with Gasteiger partial charge in [-0.05, 0) is 25.1 Å². The van der Waals surface area contributed by atoms with Crippen molar-refractivity contribution in [3.8, 4) is 11.3 Å². The summed E-state index contributed by atoms with van der Waals surface area (Å²) in [6, 6.07) is 7.38. The minimum Gasteiger partial charge on any atom is -0.461 e. The fraction of sp³-hybridized carbons (Fsp3) is 0.167. The van der Waals surface area contributed by atoms with E-state index in [1.807, 2.05) is 24.3 Å². The second kappa shape index (κ2) is 5.14. The van der Waals surface area contributed by atoms with Gasteiger partial charge in [-0.1, -0.05) is 6.07 Å². The van der Waals surface area contributed by atoms with Crippen molar-refractivity contribution in [1.82, 2.24) is 8.58 Å². The highest BCUT2D eigenvalue weighted by Crippen LogP contribution is 2.25. The molecular formula is C12H11BrN2O2. The molecule has 0 bridgehead atoms. The number of rotatable bonds is 3. The monoisotopic (exact) mass is 294 g/mol. The van der Waals surface area contributed by atoms with Crippen LogP contribution in [0.15, 0.2) is 36.7 Å². The SMILES string of the molecule is CCOC(=O)c1c(-c2ccccn2)ccn1Br. The highest BCUT2D eigenvalue weighted by molar-refractivity contribution is 9.08. The average molecular weight is 295 g/mol. The molecule has 2 rings (SSSR count). The first kappa shape index (κ1) is 11.9. The van der Waals surface area contributed by atoms with Gasteiger partial charge in [-0.3, -0.25) is 8.58 Å². The maximum atomic E-state index is 11.8. The van der Waals surface area contributed by atoms with Gasteiger partial charge in [0, 0.05) is 18.0 Å². The zero-order valence-electron chi connectivity index (χ0n) is 9.26. The summed E-state index contributed by atoms with van der Waals surface area (Å²) in [7, 11) is 0. The molecule has 0 fully saturated rings. The Morgan fingerprint density at radius 2 is 2.29 bits per heavy atom. The Bertz CT molecular complexity index is 523. The topological polar surface area (TPSA) is 44.1 Å². The van der Waals surface area contributed by atoms with E-state index in [9.17, 15) is 4.79 Å². The van der Waals surface area contributed by atoms with Gasteiger partial charge in [0.1, 0.15) is 5.69 Å². The molecule has 0 spiro atoms. The van der Waals surface area contributed by atoms with Crippen molar-refractivity contribution < 1.29 is 9.53 Å². The number of hydrogen-bond donors (Lipinski definition) is 0. The van der Waals surface area contributed by atoms with Gasteiger partial charge in [-0.2, -0.15) is 0 Å². The van der Waals surface area contributed by atoms with Crippen LogP contribution >= 0.6 is 16.1 Å². The smallest absolute Gasteiger partial charge is 0.356 e. The van der Waals surface area contributed by atoms with Gasteiger partial charge in [-0.15, -0.1) is 0 Å². The molecule has 0 aromatic carbocycles. The Kier molecular flexibility index (Phi) is 3.58. The van der Waals surface area contributed by atoms with E-state index in [-0.39, 0.29) is 5.97 Å². The third kappa shape index (κ3) is 2.39. The minimum absolute atomic E-state index is 0.346. The van der Waals surface area contributed by atoms with Gasteiger partial charge in [0.25, 0.3) is 0 Å². The standard InChI is InChI=1S/C12H11BrN2O2/c1-2-17-12(16)11-9(6-8-15(11)13)10-5-3-4-7-14-10/h3-8H,2H2,1H3. The summed E-state index contributed by atoms with van der Waals surface area (Å²) in [4.78, 5) is 16.0. The molecule has 2 heterocycles. The number of esters is 1. The van der Waals surface area contributed by atoms with Crippen LogP contribution in [0.4, 0.5) is 0 Å². The van der Waals surface area contributed by atoms with Crippen molar-refractivity contribution >= 4 is 22.1 Å². The quantitative estimate of drug-likeness (QED) is 0.818. The fourth-order valence-corrected chi connectivity index (χ4v) is 1.99. The normalized spacial score (nSPS) is 10.2. The summed E-state index contributed by atoms with van der Waals surface area (Å²) in [5.74, 6) is -0.366. The Morgan fingerprint density at radius 3 is 2.94 bits per heavy atom. The van der Waals surface area contributed by atoms with Crippen molar-refractivity contribution in [1.29, 1.82) is 0 Å². The molecule has 0 saturated heterocycles. The van der Waals surface area contributed by atoms with Gasteiger partial charge in [0.2, 0.25) is 0 Å². The lowest BCUT2D eigenvalue weighted by molar-refractivity contribution is 0.0520. The lowest BCUT2D eigenvalue weighted by Crippen LogP contribution is -2.09. The van der Waals surface area contributed by atoms with E-state index < -0.39 is 0 Å². The number of ether oxygens (including phenoxy) is 1. The van der Waals surface area contributed by atoms with Crippen molar-refractivity contribution in [3.63, 3.8) is 0 Å². The Labute approximate surface area is 108 Å². The van der Waals surface area contributed by atoms with Crippen molar-refractivity contribution in [2.45, 2.75) is 6.92 Å². The van der Waals surface area contributed by atoms with E-state index in [1.54, 1.807) is 22.9 Å². The molecule has 0 radical (unpaired) electrons. The predicted molar refractivity (Wildman–Crippen MR) is 67.9 cm³/mol. The molecular weight excluding hydrogens is 284 g/mol. The van der Waals surface area contributed by atoms with Gasteiger partial charge in [-0.25, -0.2) is 4.79 Å². The van der Waals surface area contributed by atoms with Gasteiger partial charge in [0.05, 0.1) is 28.4 Å². The molecule has 0 atom stereocenters. The van der Waals surface area contributed by atoms with E-state index >= 15 is 0 Å². The van der Waals surface area contributed by atoms with Crippen LogP contribution in [0.2, 0.25) is 0 Å². The molecule has 2 aromatic rings. The molecule has 0 aliphatic rings. The van der Waals surface area contributed by atoms with Crippen LogP contribution in [-0.4, -0.2) is 21.2 Å². The number of nitrogens with zero attached hydrogens (tertiary/aromatic N) is 2. The molecule has 88 valence electrons. The van der Waals surface area contributed by atoms with Crippen LogP contribution < -0.4 is 0 Å². The third-order valence-corrected chi connectivity index (χ3v) is 2.84. The number of hydrogen-bond acceptors (Lipinski definition) is 3. The minimum atomic E-state index is -0.366. The van der Waals surface area contributed by atoms with E-state index in [0.29, 0.717) is 12.3 Å². The molecule has 5 heteroatoms. The highest BCUT2D eigenvalue weighted by atomic mass is 79.9. The summed E-state index contributed by atoms with van der Waals surface area (Å²) in [6.45, 7) is 2.12. The number of aromatic nitrogens is 2. The molecule has 0 unspecified atom stereocenters. The van der Waals surface area contributed by atoms with Crippen LogP contribution in [0.25, 0.3) is 11.3 Å². The largest absolute Gasteiger partial charge is 0.461 e. The van der Waals surface area contributed by atoms with Crippen molar-refractivity contribution in [3.05, 3.63) is 42.4 Å². The van der Waals surface area contributed by atoms with E-state index in [4.69, 9.17) is 4.74 Å². The maximum Gasteiger partial charge on any atom is 0.356 e. The number of halogens is 1. The number of carbonyl (C=O) groups excluding carboxylic acids is 1. The molecule has 0 aliphatic heterocycles. The second-order valence-electron chi connectivity index (χ2n) is 3.32. The molecule has 0 saturated carbocycles. The molecule has 0 aliphatic carbocycles. The Hall–Kier alpha value is -1.62. The van der Waals surface area contributed by atoms with E-state index in [2.05, 4.69) is 21.1 Å². The zero-order chi connectivity index (χ0) is 12.3. The van der Waals surface area contributed by atoms with Crippen LogP contribution in [0, 0.1) is 0 Å². The molecule has 2 aromatic heterocycles. The Morgan fingerprint density at radius 1 is 1.47 bits per heavy atom. The van der Waals surface area contributed by atoms with Crippen LogP contribution in [0.5, 0.6) is 0 Å². The Balaban J connectivity index is 2.46. The van der Waals surface area contributed by atoms with Gasteiger partial charge < -0.3 is 4.74 Å². The lowest BCUT2D eigenvalue weighted by atomic mass is 10.1. The summed E-state index contributed by atoms with van der Waals surface area (Å²) >= 11 is 3.27. The first-order valence-electron chi connectivity index (χ1n) is 5.20. The van der Waals surface area contributed by atoms with Crippen LogP contribution in [-0.2, 0) is 4.74 Å². The summed E-state index contributed by atoms with van der Waals surface area (Å²) in [6.07, 6.45) is 3.44. The highest BCUT2D eigenvalue weighted by Gasteiger charge is 2.19. The number of pyridine rings is 1. The second-order valence-corrected chi connectivity index (χ2v) is 4.09. The molecule has 0 N–H and O–H groups in total. The maximum absolute atomic E-state index is 11.8. The summed E-state index contributed by atoms with van der Waals surface area (Å²) in [5.41, 5.74) is 1.94. The first-order valence-corrected chi connectivity index (χ1v) is 5.91. The van der Waals surface area contributed by atoms with E-state index in [0.717, 1.165) is 11.3 Å². The fourth-order valence-electron chi connectivity index (χ4n) is 1.53. The molecule has 4 nitrogen and oxygen atoms in total. The van der Waals surface area contributed by atoms with Crippen LogP contribution in [0.3, 0.4) is 0 Å². The molecule has 17 heavy (non-hydrogen) atoms. The van der Waals surface area contributed by atoms with Gasteiger partial charge >= 0.3 is 5.97 Å². The molecule has 0 amide bonds. The summed E-state index contributed by atoms with van der Waals surface area (Å²) < 4.78 is 6.58. The zero-order valence-corrected chi connectivity index (χ0v) is 10.8. The van der Waals surface area contributed by atoms with Crippen LogP contribution in [0.1, 0.15) is 17.4 Å². The average Bonchev–Trinajstić information content (AvgIpc) is 2.73. The van der Waals surface area contributed by atoms with Crippen molar-refractivity contribution in [2.24, 2.45) is 0 Å². The number of carbonyl (C=O) groups is 1. The van der Waals surface area contributed by atoms with E-state index in [1.165, 1.54) is 0 Å². The predicted octanol–water partition coefficient (Wildman–Crippen LogP) is 2.88. The summed E-state index contributed by atoms with van der Waals surface area (Å²) in [5, 5.41) is 0. The lowest BCUT2D eigenvalue weighted by Gasteiger charge is -2.05. The van der Waals surface area contributed by atoms with Crippen molar-refractivity contribution in [2.75, 3.05) is 6.61 Å².